The molecule has 0 amide bonds. The van der Waals surface area contributed by atoms with Gasteiger partial charge in [0.05, 0.1) is 13.2 Å². The molecule has 1 rings (SSSR count). The third-order valence-electron chi connectivity index (χ3n) is 2.34. The van der Waals surface area contributed by atoms with Gasteiger partial charge in [-0.05, 0) is 39.0 Å². The van der Waals surface area contributed by atoms with Gasteiger partial charge in [-0.15, -0.1) is 0 Å². The summed E-state index contributed by atoms with van der Waals surface area (Å²) in [5.41, 5.74) is 1.34. The van der Waals surface area contributed by atoms with Gasteiger partial charge in [-0.2, -0.15) is 0 Å². The van der Waals surface area contributed by atoms with Crippen LogP contribution in [-0.4, -0.2) is 13.2 Å². The Balaban J connectivity index is 2.05. The van der Waals surface area contributed by atoms with Gasteiger partial charge >= 0.3 is 0 Å². The summed E-state index contributed by atoms with van der Waals surface area (Å²) in [6, 6.07) is 0. The molecule has 1 aliphatic carbocycles. The summed E-state index contributed by atoms with van der Waals surface area (Å²) >= 11 is 0. The van der Waals surface area contributed by atoms with Crippen LogP contribution in [0.2, 0.25) is 0 Å². The zero-order valence-electron chi connectivity index (χ0n) is 8.75. The summed E-state index contributed by atoms with van der Waals surface area (Å²) in [6.07, 6.45) is 10.4. The van der Waals surface area contributed by atoms with Crippen molar-refractivity contribution in [2.24, 2.45) is 5.92 Å². The monoisotopic (exact) mass is 180 g/mol. The molecule has 1 aliphatic rings. The van der Waals surface area contributed by atoms with Crippen LogP contribution in [-0.2, 0) is 4.74 Å². The van der Waals surface area contributed by atoms with Gasteiger partial charge in [0.1, 0.15) is 0 Å². The molecular weight excluding hydrogens is 160 g/mol. The summed E-state index contributed by atoms with van der Waals surface area (Å²) in [7, 11) is 0. The van der Waals surface area contributed by atoms with E-state index in [2.05, 4.69) is 32.1 Å². The normalized spacial score (nSPS) is 21.5. The Hall–Kier alpha value is -0.560. The standard InChI is InChI=1S/C12H20O/c1-11(2)8-9-13-10-12-6-4-3-5-7-12/h3-4,8,12H,5-7,9-10H2,1-2H3/t12-/m1/s1. The molecule has 0 bridgehead atoms. The van der Waals surface area contributed by atoms with E-state index < -0.39 is 0 Å². The molecule has 0 aromatic heterocycles. The van der Waals surface area contributed by atoms with E-state index >= 15 is 0 Å². The topological polar surface area (TPSA) is 9.23 Å². The van der Waals surface area contributed by atoms with Gasteiger partial charge in [0, 0.05) is 0 Å². The van der Waals surface area contributed by atoms with Gasteiger partial charge in [0.25, 0.3) is 0 Å². The van der Waals surface area contributed by atoms with E-state index in [0.29, 0.717) is 0 Å². The van der Waals surface area contributed by atoms with Gasteiger partial charge in [-0.3, -0.25) is 0 Å². The summed E-state index contributed by atoms with van der Waals surface area (Å²) in [4.78, 5) is 0. The van der Waals surface area contributed by atoms with Crippen molar-refractivity contribution in [2.45, 2.75) is 33.1 Å². The third kappa shape index (κ3) is 4.89. The van der Waals surface area contributed by atoms with Crippen LogP contribution in [0.1, 0.15) is 33.1 Å². The molecule has 13 heavy (non-hydrogen) atoms. The summed E-state index contributed by atoms with van der Waals surface area (Å²) in [6.45, 7) is 5.91. The second kappa shape index (κ2) is 5.98. The Morgan fingerprint density at radius 1 is 1.46 bits per heavy atom. The van der Waals surface area contributed by atoms with Crippen LogP contribution in [0.4, 0.5) is 0 Å². The van der Waals surface area contributed by atoms with Gasteiger partial charge in [0.2, 0.25) is 0 Å². The quantitative estimate of drug-likeness (QED) is 0.476. The highest BCUT2D eigenvalue weighted by Crippen LogP contribution is 2.17. The van der Waals surface area contributed by atoms with Crippen molar-refractivity contribution in [3.8, 4) is 0 Å². The van der Waals surface area contributed by atoms with Crippen LogP contribution in [0.25, 0.3) is 0 Å². The Kier molecular flexibility index (Phi) is 4.84. The minimum atomic E-state index is 0.760. The molecule has 0 saturated carbocycles. The number of allylic oxidation sites excluding steroid dienone is 3. The van der Waals surface area contributed by atoms with Crippen molar-refractivity contribution < 1.29 is 4.74 Å². The molecule has 1 atom stereocenters. The van der Waals surface area contributed by atoms with E-state index in [1.165, 1.54) is 24.8 Å². The molecule has 0 N–H and O–H groups in total. The van der Waals surface area contributed by atoms with E-state index in [9.17, 15) is 0 Å². The lowest BCUT2D eigenvalue weighted by atomic mass is 9.95. The zero-order chi connectivity index (χ0) is 9.52. The van der Waals surface area contributed by atoms with Crippen molar-refractivity contribution in [1.82, 2.24) is 0 Å². The molecule has 0 unspecified atom stereocenters. The predicted octanol–water partition coefficient (Wildman–Crippen LogP) is 3.33. The Morgan fingerprint density at radius 3 is 2.92 bits per heavy atom. The Bertz CT molecular complexity index is 187. The second-order valence-corrected chi connectivity index (χ2v) is 3.97. The molecule has 0 aliphatic heterocycles. The molecule has 0 fully saturated rings. The fourth-order valence-corrected chi connectivity index (χ4v) is 1.47. The molecule has 0 heterocycles. The third-order valence-corrected chi connectivity index (χ3v) is 2.34. The van der Waals surface area contributed by atoms with Crippen LogP contribution < -0.4 is 0 Å². The molecule has 74 valence electrons. The smallest absolute Gasteiger partial charge is 0.0649 e. The highest BCUT2D eigenvalue weighted by molar-refractivity contribution is 4.93. The zero-order valence-corrected chi connectivity index (χ0v) is 8.75. The fraction of sp³-hybridized carbons (Fsp3) is 0.667. The Morgan fingerprint density at radius 2 is 2.31 bits per heavy atom. The molecule has 1 nitrogen and oxygen atoms in total. The first-order valence-electron chi connectivity index (χ1n) is 5.15. The van der Waals surface area contributed by atoms with Crippen LogP contribution in [0, 0.1) is 5.92 Å². The molecule has 0 radical (unpaired) electrons. The van der Waals surface area contributed by atoms with Crippen molar-refractivity contribution >= 4 is 0 Å². The highest BCUT2D eigenvalue weighted by Gasteiger charge is 2.08. The highest BCUT2D eigenvalue weighted by atomic mass is 16.5. The van der Waals surface area contributed by atoms with Crippen molar-refractivity contribution in [1.29, 1.82) is 0 Å². The van der Waals surface area contributed by atoms with Crippen molar-refractivity contribution in [2.75, 3.05) is 13.2 Å². The van der Waals surface area contributed by atoms with Gasteiger partial charge in [-0.25, -0.2) is 0 Å². The molecule has 0 saturated heterocycles. The average molecular weight is 180 g/mol. The number of ether oxygens (including phenoxy) is 1. The Labute approximate surface area is 81.5 Å². The average Bonchev–Trinajstić information content (AvgIpc) is 2.14. The maximum absolute atomic E-state index is 5.57. The van der Waals surface area contributed by atoms with Crippen LogP contribution >= 0.6 is 0 Å². The van der Waals surface area contributed by atoms with Crippen molar-refractivity contribution in [3.05, 3.63) is 23.8 Å². The number of hydrogen-bond donors (Lipinski definition) is 0. The minimum absolute atomic E-state index is 0.760. The van der Waals surface area contributed by atoms with Gasteiger partial charge < -0.3 is 4.74 Å². The first-order valence-corrected chi connectivity index (χ1v) is 5.15. The lowest BCUT2D eigenvalue weighted by molar-refractivity contribution is 0.118. The van der Waals surface area contributed by atoms with Crippen LogP contribution in [0.15, 0.2) is 23.8 Å². The van der Waals surface area contributed by atoms with E-state index in [-0.39, 0.29) is 0 Å². The first kappa shape index (κ1) is 10.5. The molecular formula is C12H20O. The molecule has 1 heteroatoms. The number of rotatable bonds is 4. The van der Waals surface area contributed by atoms with E-state index in [1.54, 1.807) is 0 Å². The van der Waals surface area contributed by atoms with Crippen LogP contribution in [0.3, 0.4) is 0 Å². The minimum Gasteiger partial charge on any atom is -0.377 e. The lowest BCUT2D eigenvalue weighted by Crippen LogP contribution is -2.11. The van der Waals surface area contributed by atoms with Crippen LogP contribution in [0.5, 0.6) is 0 Å². The fourth-order valence-electron chi connectivity index (χ4n) is 1.47. The maximum atomic E-state index is 5.57. The van der Waals surface area contributed by atoms with E-state index in [4.69, 9.17) is 4.74 Å². The maximum Gasteiger partial charge on any atom is 0.0649 e. The molecule has 0 spiro atoms. The van der Waals surface area contributed by atoms with Crippen molar-refractivity contribution in [3.63, 3.8) is 0 Å². The number of hydrogen-bond acceptors (Lipinski definition) is 1. The lowest BCUT2D eigenvalue weighted by Gasteiger charge is -2.16. The second-order valence-electron chi connectivity index (χ2n) is 3.97. The predicted molar refractivity (Wildman–Crippen MR) is 56.7 cm³/mol. The summed E-state index contributed by atoms with van der Waals surface area (Å²) in [5.74, 6) is 0.760. The largest absolute Gasteiger partial charge is 0.377 e. The molecule has 0 aromatic carbocycles. The van der Waals surface area contributed by atoms with Gasteiger partial charge in [-0.1, -0.05) is 23.8 Å². The van der Waals surface area contributed by atoms with Gasteiger partial charge in [0.15, 0.2) is 0 Å². The van der Waals surface area contributed by atoms with E-state index in [0.717, 1.165) is 19.1 Å². The SMILES string of the molecule is CC(C)=CCOC[C@@H]1CC=CCC1. The summed E-state index contributed by atoms with van der Waals surface area (Å²) in [5, 5.41) is 0. The summed E-state index contributed by atoms with van der Waals surface area (Å²) < 4.78 is 5.57. The first-order chi connectivity index (χ1) is 6.29. The molecule has 0 aromatic rings. The van der Waals surface area contributed by atoms with E-state index in [1.807, 2.05) is 0 Å².